The predicted octanol–water partition coefficient (Wildman–Crippen LogP) is 7.06. The summed E-state index contributed by atoms with van der Waals surface area (Å²) in [6.45, 7) is 4.69. The Morgan fingerprint density at radius 2 is 1.83 bits per heavy atom. The molecule has 6 nitrogen and oxygen atoms in total. The van der Waals surface area contributed by atoms with Gasteiger partial charge in [-0.1, -0.05) is 71.0 Å². The minimum atomic E-state index is 0.483. The Kier molecular flexibility index (Phi) is 9.19. The number of aryl methyl sites for hydroxylation is 2. The summed E-state index contributed by atoms with van der Waals surface area (Å²) < 4.78 is 14.6. The normalized spacial score (nSPS) is 11.2. The zero-order chi connectivity index (χ0) is 25.3. The molecule has 0 bridgehead atoms. The highest BCUT2D eigenvalue weighted by Crippen LogP contribution is 2.29. The lowest BCUT2D eigenvalue weighted by Gasteiger charge is -2.12. The van der Waals surface area contributed by atoms with Crippen LogP contribution in [-0.4, -0.2) is 28.2 Å². The number of rotatable bonds is 11. The van der Waals surface area contributed by atoms with Crippen molar-refractivity contribution in [3.05, 3.63) is 99.3 Å². The van der Waals surface area contributed by atoms with E-state index in [1.807, 2.05) is 47.1 Å². The smallest absolute Gasteiger partial charge is 0.212 e. The average Bonchev–Trinajstić information content (AvgIpc) is 3.28. The number of hydrogen-bond acceptors (Lipinski definition) is 6. The third-order valence-electron chi connectivity index (χ3n) is 5.59. The summed E-state index contributed by atoms with van der Waals surface area (Å²) in [5, 5.41) is 14.3. The highest BCUT2D eigenvalue weighted by molar-refractivity contribution is 9.10. The number of methoxy groups -OCH3 is 1. The maximum Gasteiger partial charge on any atom is 0.212 e. The van der Waals surface area contributed by atoms with E-state index in [-0.39, 0.29) is 0 Å². The Balaban J connectivity index is 1.50. The fourth-order valence-electron chi connectivity index (χ4n) is 3.55. The number of aromatic nitrogens is 3. The van der Waals surface area contributed by atoms with Crippen LogP contribution in [0.1, 0.15) is 41.4 Å². The van der Waals surface area contributed by atoms with Crippen molar-refractivity contribution >= 4 is 33.9 Å². The first-order chi connectivity index (χ1) is 17.6. The number of halogens is 1. The van der Waals surface area contributed by atoms with E-state index in [4.69, 9.17) is 14.6 Å². The van der Waals surface area contributed by atoms with Gasteiger partial charge in [0.05, 0.1) is 13.3 Å². The molecule has 1 heterocycles. The van der Waals surface area contributed by atoms with E-state index in [9.17, 15) is 0 Å². The molecule has 0 unspecified atom stereocenters. The van der Waals surface area contributed by atoms with Gasteiger partial charge in [0.2, 0.25) is 5.16 Å². The summed E-state index contributed by atoms with van der Waals surface area (Å²) in [5.74, 6) is 2.99. The average molecular weight is 566 g/mol. The van der Waals surface area contributed by atoms with Crippen LogP contribution in [-0.2, 0) is 18.8 Å². The number of nitrogens with zero attached hydrogens (tertiary/aromatic N) is 4. The second kappa shape index (κ2) is 12.7. The second-order valence-corrected chi connectivity index (χ2v) is 10.1. The summed E-state index contributed by atoms with van der Waals surface area (Å²) in [6, 6.07) is 22.3. The Morgan fingerprint density at radius 3 is 2.58 bits per heavy atom. The molecule has 0 amide bonds. The zero-order valence-corrected chi connectivity index (χ0v) is 23.1. The van der Waals surface area contributed by atoms with Crippen LogP contribution >= 0.6 is 27.7 Å². The molecular formula is C28H29BrN4O2S. The lowest BCUT2D eigenvalue weighted by atomic mass is 10.1. The molecule has 0 spiro atoms. The van der Waals surface area contributed by atoms with Crippen LogP contribution in [0.15, 0.2) is 81.5 Å². The molecule has 0 aliphatic rings. The van der Waals surface area contributed by atoms with Gasteiger partial charge in [0.1, 0.15) is 6.61 Å². The first kappa shape index (κ1) is 26.0. The van der Waals surface area contributed by atoms with E-state index >= 15 is 0 Å². The molecule has 4 rings (SSSR count). The summed E-state index contributed by atoms with van der Waals surface area (Å²) in [7, 11) is 1.65. The first-order valence-electron chi connectivity index (χ1n) is 11.8. The van der Waals surface area contributed by atoms with Crippen molar-refractivity contribution in [3.8, 4) is 11.5 Å². The Hall–Kier alpha value is -3.10. The quantitative estimate of drug-likeness (QED) is 0.144. The molecule has 1 aromatic heterocycles. The van der Waals surface area contributed by atoms with Gasteiger partial charge in [0, 0.05) is 16.6 Å². The van der Waals surface area contributed by atoms with E-state index in [2.05, 4.69) is 64.2 Å². The summed E-state index contributed by atoms with van der Waals surface area (Å²) in [4.78, 5) is 0. The minimum Gasteiger partial charge on any atom is -0.493 e. The van der Waals surface area contributed by atoms with E-state index in [0.29, 0.717) is 18.1 Å². The molecule has 36 heavy (non-hydrogen) atoms. The zero-order valence-electron chi connectivity index (χ0n) is 20.6. The first-order valence-corrected chi connectivity index (χ1v) is 13.6. The van der Waals surface area contributed by atoms with Crippen LogP contribution in [0.3, 0.4) is 0 Å². The maximum atomic E-state index is 6.05. The number of hydrogen-bond donors (Lipinski definition) is 0. The molecule has 0 aliphatic carbocycles. The number of thioether (sulfide) groups is 1. The Bertz CT molecular complexity index is 1320. The number of benzene rings is 3. The van der Waals surface area contributed by atoms with Crippen LogP contribution < -0.4 is 9.47 Å². The summed E-state index contributed by atoms with van der Waals surface area (Å²) in [6.07, 6.45) is 3.57. The molecule has 0 saturated heterocycles. The Labute approximate surface area is 224 Å². The van der Waals surface area contributed by atoms with Gasteiger partial charge in [-0.15, -0.1) is 10.2 Å². The van der Waals surface area contributed by atoms with Gasteiger partial charge in [-0.25, -0.2) is 0 Å². The molecule has 0 radical (unpaired) electrons. The van der Waals surface area contributed by atoms with Crippen LogP contribution in [0.25, 0.3) is 0 Å². The molecule has 8 heteroatoms. The Morgan fingerprint density at radius 1 is 1.03 bits per heavy atom. The summed E-state index contributed by atoms with van der Waals surface area (Å²) in [5.41, 5.74) is 4.46. The third-order valence-corrected chi connectivity index (χ3v) is 7.10. The van der Waals surface area contributed by atoms with Gasteiger partial charge < -0.3 is 9.47 Å². The second-order valence-electron chi connectivity index (χ2n) is 8.25. The topological polar surface area (TPSA) is 61.5 Å². The van der Waals surface area contributed by atoms with Crippen LogP contribution in [0.2, 0.25) is 0 Å². The van der Waals surface area contributed by atoms with Crippen molar-refractivity contribution in [2.45, 2.75) is 44.2 Å². The highest BCUT2D eigenvalue weighted by Gasteiger charge is 2.12. The lowest BCUT2D eigenvalue weighted by Crippen LogP contribution is -2.01. The number of ether oxygens (including phenoxy) is 2. The highest BCUT2D eigenvalue weighted by atomic mass is 79.9. The van der Waals surface area contributed by atoms with Crippen LogP contribution in [0.4, 0.5) is 0 Å². The monoisotopic (exact) mass is 564 g/mol. The third kappa shape index (κ3) is 6.77. The molecule has 0 N–H and O–H groups in total. The van der Waals surface area contributed by atoms with E-state index in [0.717, 1.165) is 45.2 Å². The maximum absolute atomic E-state index is 6.05. The van der Waals surface area contributed by atoms with Gasteiger partial charge in [0.15, 0.2) is 17.3 Å². The van der Waals surface area contributed by atoms with Gasteiger partial charge in [-0.2, -0.15) is 9.78 Å². The molecular weight excluding hydrogens is 536 g/mol. The largest absolute Gasteiger partial charge is 0.493 e. The van der Waals surface area contributed by atoms with E-state index in [1.165, 1.54) is 11.1 Å². The van der Waals surface area contributed by atoms with Gasteiger partial charge in [-0.05, 0) is 65.9 Å². The standard InChI is InChI=1S/C28H29BrN4O2S/c1-4-7-27-31-32-28(36-19-21-10-13-24(29)14-11-21)33(27)30-17-22-12-15-25(26(16-22)34-3)35-18-23-9-6-5-8-20(23)2/h5-6,8-17H,4,7,18-19H2,1-3H3/b30-17+. The van der Waals surface area contributed by atoms with Crippen molar-refractivity contribution < 1.29 is 9.47 Å². The molecule has 3 aromatic carbocycles. The van der Waals surface area contributed by atoms with Crippen molar-refractivity contribution in [2.75, 3.05) is 7.11 Å². The molecule has 0 atom stereocenters. The van der Waals surface area contributed by atoms with Crippen molar-refractivity contribution in [2.24, 2.45) is 5.10 Å². The van der Waals surface area contributed by atoms with Gasteiger partial charge in [-0.3, -0.25) is 0 Å². The SMILES string of the molecule is CCCc1nnc(SCc2ccc(Br)cc2)n1/N=C/c1ccc(OCc2ccccc2C)c(OC)c1. The van der Waals surface area contributed by atoms with Gasteiger partial charge in [0.25, 0.3) is 0 Å². The van der Waals surface area contributed by atoms with Crippen molar-refractivity contribution in [1.82, 2.24) is 14.9 Å². The van der Waals surface area contributed by atoms with E-state index < -0.39 is 0 Å². The van der Waals surface area contributed by atoms with Crippen LogP contribution in [0, 0.1) is 6.92 Å². The van der Waals surface area contributed by atoms with Crippen LogP contribution in [0.5, 0.6) is 11.5 Å². The minimum absolute atomic E-state index is 0.483. The van der Waals surface area contributed by atoms with Crippen molar-refractivity contribution in [3.63, 3.8) is 0 Å². The predicted molar refractivity (Wildman–Crippen MR) is 149 cm³/mol. The molecule has 0 fully saturated rings. The molecule has 0 aliphatic heterocycles. The lowest BCUT2D eigenvalue weighted by molar-refractivity contribution is 0.284. The van der Waals surface area contributed by atoms with Gasteiger partial charge >= 0.3 is 0 Å². The molecule has 4 aromatic rings. The molecule has 0 saturated carbocycles. The fourth-order valence-corrected chi connectivity index (χ4v) is 4.67. The summed E-state index contributed by atoms with van der Waals surface area (Å²) >= 11 is 5.10. The fraction of sp³-hybridized carbons (Fsp3) is 0.250. The molecule has 186 valence electrons. The van der Waals surface area contributed by atoms with E-state index in [1.54, 1.807) is 25.1 Å². The van der Waals surface area contributed by atoms with Crippen molar-refractivity contribution in [1.29, 1.82) is 0 Å².